The average Bonchev–Trinajstić information content (AvgIpc) is 3.63. The van der Waals surface area contributed by atoms with Crippen molar-refractivity contribution in [1.82, 2.24) is 14.9 Å². The van der Waals surface area contributed by atoms with Gasteiger partial charge in [-0.15, -0.1) is 11.3 Å². The molecule has 0 saturated heterocycles. The first-order chi connectivity index (χ1) is 23.9. The molecule has 2 N–H and O–H groups in total. The number of hydrogen-bond acceptors (Lipinski definition) is 7. The Kier molecular flexibility index (Phi) is 10.6. The van der Waals surface area contributed by atoms with Gasteiger partial charge < -0.3 is 19.8 Å². The molecule has 2 aromatic heterocycles. The van der Waals surface area contributed by atoms with Gasteiger partial charge in [-0.2, -0.15) is 0 Å². The molecular formula is C40H54N4O5S. The fourth-order valence-electron chi connectivity index (χ4n) is 8.75. The summed E-state index contributed by atoms with van der Waals surface area (Å²) in [6.45, 7) is 9.55. The van der Waals surface area contributed by atoms with Gasteiger partial charge in [-0.05, 0) is 123 Å². The van der Waals surface area contributed by atoms with E-state index < -0.39 is 6.09 Å². The minimum atomic E-state index is -0.955. The van der Waals surface area contributed by atoms with Gasteiger partial charge in [0.2, 0.25) is 5.91 Å². The zero-order valence-electron chi connectivity index (χ0n) is 30.4. The Morgan fingerprint density at radius 1 is 1.00 bits per heavy atom. The molecule has 50 heavy (non-hydrogen) atoms. The number of rotatable bonds is 11. The monoisotopic (exact) mass is 702 g/mol. The lowest BCUT2D eigenvalue weighted by Gasteiger charge is -2.55. The summed E-state index contributed by atoms with van der Waals surface area (Å²) in [7, 11) is 1.73. The van der Waals surface area contributed by atoms with Gasteiger partial charge in [0.1, 0.15) is 11.6 Å². The van der Waals surface area contributed by atoms with Crippen LogP contribution in [-0.4, -0.2) is 69.9 Å². The van der Waals surface area contributed by atoms with Crippen molar-refractivity contribution in [3.8, 4) is 16.2 Å². The Labute approximate surface area is 301 Å². The van der Waals surface area contributed by atoms with Crippen molar-refractivity contribution in [2.24, 2.45) is 11.3 Å². The molecular weight excluding hydrogens is 649 g/mol. The van der Waals surface area contributed by atoms with Gasteiger partial charge in [-0.3, -0.25) is 9.69 Å². The summed E-state index contributed by atoms with van der Waals surface area (Å²) >= 11 is 1.69. The molecule has 0 atom stereocenters. The number of ether oxygens (including phenoxy) is 1. The standard InChI is InChI=1S/C40H54N4O5S/c1-27-23-30(9-12-32(27)49-5)40-17-14-39(15-18-40,16-19-40)26-44(34-24-29(13-20-41-34)33-25-42-36(50-33)38(2,3)4)35(46)28-7-10-31(11-8-28)43(37(47)48)21-6-22-45/h9,12-13,20,23-25,28,31,45H,6-8,10-11,14-19,21-22,26H2,1-5H3,(H,47,48). The van der Waals surface area contributed by atoms with Gasteiger partial charge in [-0.25, -0.2) is 14.8 Å². The second kappa shape index (κ2) is 14.6. The van der Waals surface area contributed by atoms with Gasteiger partial charge in [0.15, 0.2) is 0 Å². The highest BCUT2D eigenvalue weighted by Gasteiger charge is 2.51. The van der Waals surface area contributed by atoms with Crippen LogP contribution >= 0.6 is 11.3 Å². The van der Waals surface area contributed by atoms with E-state index in [1.165, 1.54) is 16.0 Å². The molecule has 4 saturated carbocycles. The molecule has 0 aliphatic heterocycles. The molecule has 2 bridgehead atoms. The molecule has 270 valence electrons. The van der Waals surface area contributed by atoms with Crippen molar-refractivity contribution < 1.29 is 24.5 Å². The molecule has 9 nitrogen and oxygen atoms in total. The minimum Gasteiger partial charge on any atom is -0.496 e. The lowest BCUT2D eigenvalue weighted by atomic mass is 9.51. The van der Waals surface area contributed by atoms with Crippen LogP contribution in [0.4, 0.5) is 10.6 Å². The van der Waals surface area contributed by atoms with E-state index in [1.807, 2.05) is 23.4 Å². The molecule has 2 heterocycles. The minimum absolute atomic E-state index is 0.0299. The predicted octanol–water partition coefficient (Wildman–Crippen LogP) is 8.37. The molecule has 2 amide bonds. The summed E-state index contributed by atoms with van der Waals surface area (Å²) in [6, 6.07) is 10.6. The predicted molar refractivity (Wildman–Crippen MR) is 198 cm³/mol. The van der Waals surface area contributed by atoms with Crippen LogP contribution in [0.25, 0.3) is 10.4 Å². The number of methoxy groups -OCH3 is 1. The largest absolute Gasteiger partial charge is 0.496 e. The molecule has 7 rings (SSSR count). The quantitative estimate of drug-likeness (QED) is 0.206. The molecule has 4 aliphatic carbocycles. The van der Waals surface area contributed by atoms with Crippen LogP contribution in [-0.2, 0) is 15.6 Å². The fourth-order valence-corrected chi connectivity index (χ4v) is 9.72. The Balaban J connectivity index is 1.25. The van der Waals surface area contributed by atoms with E-state index in [0.717, 1.165) is 59.7 Å². The third-order valence-electron chi connectivity index (χ3n) is 11.9. The zero-order chi connectivity index (χ0) is 35.7. The van der Waals surface area contributed by atoms with Crippen molar-refractivity contribution in [2.75, 3.05) is 31.7 Å². The van der Waals surface area contributed by atoms with Crippen molar-refractivity contribution in [1.29, 1.82) is 0 Å². The number of pyridine rings is 1. The lowest BCUT2D eigenvalue weighted by Crippen LogP contribution is -2.52. The number of aliphatic hydroxyl groups is 1. The maximum absolute atomic E-state index is 14.7. The Hall–Kier alpha value is -3.50. The fraction of sp³-hybridized carbons (Fsp3) is 0.600. The number of aliphatic hydroxyl groups excluding tert-OH is 1. The van der Waals surface area contributed by atoms with Crippen LogP contribution in [0.15, 0.2) is 42.7 Å². The highest BCUT2D eigenvalue weighted by atomic mass is 32.1. The molecule has 1 aromatic carbocycles. The van der Waals surface area contributed by atoms with Crippen molar-refractivity contribution in [3.05, 3.63) is 58.9 Å². The Bertz CT molecular complexity index is 1650. The van der Waals surface area contributed by atoms with Gasteiger partial charge in [-0.1, -0.05) is 32.9 Å². The Morgan fingerprint density at radius 2 is 1.70 bits per heavy atom. The topological polar surface area (TPSA) is 116 Å². The first kappa shape index (κ1) is 36.3. The number of benzene rings is 1. The van der Waals surface area contributed by atoms with E-state index in [9.17, 15) is 19.8 Å². The van der Waals surface area contributed by atoms with Crippen molar-refractivity contribution in [3.63, 3.8) is 0 Å². The number of hydrogen-bond donors (Lipinski definition) is 2. The van der Waals surface area contributed by atoms with Gasteiger partial charge in [0.05, 0.1) is 17.0 Å². The summed E-state index contributed by atoms with van der Waals surface area (Å²) in [4.78, 5) is 40.8. The Morgan fingerprint density at radius 3 is 2.28 bits per heavy atom. The van der Waals surface area contributed by atoms with Crippen LogP contribution in [0, 0.1) is 18.3 Å². The van der Waals surface area contributed by atoms with E-state index in [0.29, 0.717) is 51.0 Å². The van der Waals surface area contributed by atoms with E-state index in [2.05, 4.69) is 52.0 Å². The number of aryl methyl sites for hydroxylation is 1. The first-order valence-electron chi connectivity index (χ1n) is 18.4. The molecule has 10 heteroatoms. The molecule has 0 radical (unpaired) electrons. The maximum Gasteiger partial charge on any atom is 0.407 e. The van der Waals surface area contributed by atoms with Crippen molar-refractivity contribution >= 4 is 29.2 Å². The second-order valence-corrected chi connectivity index (χ2v) is 17.2. The van der Waals surface area contributed by atoms with Gasteiger partial charge in [0.25, 0.3) is 0 Å². The van der Waals surface area contributed by atoms with E-state index in [-0.39, 0.29) is 40.7 Å². The summed E-state index contributed by atoms with van der Waals surface area (Å²) in [5, 5.41) is 20.2. The number of nitrogens with zero attached hydrogens (tertiary/aromatic N) is 4. The second-order valence-electron chi connectivity index (χ2n) is 16.1. The molecule has 0 spiro atoms. The number of carbonyl (C=O) groups is 2. The summed E-state index contributed by atoms with van der Waals surface area (Å²) in [6.07, 6.45) is 12.3. The highest BCUT2D eigenvalue weighted by Crippen LogP contribution is 2.58. The smallest absolute Gasteiger partial charge is 0.407 e. The number of carbonyl (C=O) groups excluding carboxylic acids is 1. The molecule has 0 unspecified atom stereocenters. The first-order valence-corrected chi connectivity index (χ1v) is 19.2. The van der Waals surface area contributed by atoms with Crippen LogP contribution in [0.2, 0.25) is 0 Å². The van der Waals surface area contributed by atoms with Crippen LogP contribution in [0.1, 0.15) is 108 Å². The zero-order valence-corrected chi connectivity index (χ0v) is 31.2. The lowest BCUT2D eigenvalue weighted by molar-refractivity contribution is -0.124. The number of carboxylic acid groups (broad SMARTS) is 1. The van der Waals surface area contributed by atoms with E-state index in [4.69, 9.17) is 14.7 Å². The molecule has 4 aliphatic rings. The summed E-state index contributed by atoms with van der Waals surface area (Å²) in [5.74, 6) is 1.54. The number of thiazole rings is 1. The summed E-state index contributed by atoms with van der Waals surface area (Å²) in [5.41, 5.74) is 3.76. The third kappa shape index (κ3) is 7.42. The summed E-state index contributed by atoms with van der Waals surface area (Å²) < 4.78 is 5.55. The van der Waals surface area contributed by atoms with Crippen LogP contribution < -0.4 is 9.64 Å². The van der Waals surface area contributed by atoms with Gasteiger partial charge in [0, 0.05) is 49.5 Å². The molecule has 4 fully saturated rings. The number of fused-ring (bicyclic) bond motifs is 3. The SMILES string of the molecule is COc1ccc(C23CCC(CN(C(=O)C4CCC(N(CCCO)C(=O)O)CC4)c4cc(-c5cnc(C(C)(C)C)s5)ccn4)(CC2)CC3)cc1C. The molecule has 3 aromatic rings. The maximum atomic E-state index is 14.7. The van der Waals surface area contributed by atoms with E-state index in [1.54, 1.807) is 18.4 Å². The number of anilines is 1. The van der Waals surface area contributed by atoms with Crippen molar-refractivity contribution in [2.45, 2.75) is 115 Å². The van der Waals surface area contributed by atoms with Gasteiger partial charge >= 0.3 is 6.09 Å². The van der Waals surface area contributed by atoms with E-state index >= 15 is 0 Å². The number of aromatic nitrogens is 2. The normalized spacial score (nSPS) is 24.9. The number of amides is 2. The third-order valence-corrected chi connectivity index (χ3v) is 13.4. The highest BCUT2D eigenvalue weighted by molar-refractivity contribution is 7.15. The average molecular weight is 703 g/mol. The van der Waals surface area contributed by atoms with Crippen LogP contribution in [0.5, 0.6) is 5.75 Å². The van der Waals surface area contributed by atoms with Crippen LogP contribution in [0.3, 0.4) is 0 Å².